The molecule has 2 aliphatic heterocycles. The summed E-state index contributed by atoms with van der Waals surface area (Å²) in [5.41, 5.74) is 1.22. The number of fused-ring (bicyclic) bond motifs is 1. The molecule has 0 aromatic carbocycles. The number of halogens is 4. The van der Waals surface area contributed by atoms with E-state index in [4.69, 9.17) is 10.1 Å². The van der Waals surface area contributed by atoms with Crippen LogP contribution in [0.2, 0.25) is 0 Å². The smallest absolute Gasteiger partial charge is 0.252 e. The summed E-state index contributed by atoms with van der Waals surface area (Å²) < 4.78 is 56.4. The quantitative estimate of drug-likeness (QED) is 0.358. The monoisotopic (exact) mass is 594 g/mol. The molecular weight excluding hydrogens is 556 g/mol. The van der Waals surface area contributed by atoms with E-state index in [2.05, 4.69) is 32.0 Å². The first-order valence-electron chi connectivity index (χ1n) is 14.5. The molecule has 0 spiro atoms. The predicted molar refractivity (Wildman–Crippen MR) is 147 cm³/mol. The molecule has 2 aromatic heterocycles. The number of alkyl halides is 4. The highest BCUT2D eigenvalue weighted by Crippen LogP contribution is 2.41. The Balaban J connectivity index is 1.50. The number of imidazole rings is 1. The van der Waals surface area contributed by atoms with Crippen molar-refractivity contribution in [3.63, 3.8) is 0 Å². The molecule has 1 saturated carbocycles. The topological polar surface area (TPSA) is 108 Å². The van der Waals surface area contributed by atoms with E-state index in [9.17, 15) is 27.2 Å². The molecule has 14 heteroatoms. The average Bonchev–Trinajstić information content (AvgIpc) is 3.35. The zero-order valence-corrected chi connectivity index (χ0v) is 24.0. The van der Waals surface area contributed by atoms with Gasteiger partial charge in [-0.2, -0.15) is 10.1 Å². The molecule has 42 heavy (non-hydrogen) atoms. The van der Waals surface area contributed by atoms with Crippen LogP contribution in [0.5, 0.6) is 0 Å². The molecule has 3 fully saturated rings. The summed E-state index contributed by atoms with van der Waals surface area (Å²) in [6.45, 7) is 8.10. The van der Waals surface area contributed by atoms with E-state index in [1.807, 2.05) is 7.05 Å². The van der Waals surface area contributed by atoms with Gasteiger partial charge in [-0.05, 0) is 39.2 Å². The number of carbonyl (C=O) groups excluding carboxylic acids is 2. The van der Waals surface area contributed by atoms with Crippen LogP contribution in [0, 0.1) is 17.8 Å². The highest BCUT2D eigenvalue weighted by molar-refractivity contribution is 5.92. The molecule has 4 heterocycles. The number of piperazine rings is 1. The van der Waals surface area contributed by atoms with E-state index >= 15 is 0 Å². The van der Waals surface area contributed by atoms with E-state index in [0.717, 1.165) is 13.1 Å². The molecule has 2 amide bonds. The second-order valence-corrected chi connectivity index (χ2v) is 12.0. The van der Waals surface area contributed by atoms with Crippen molar-refractivity contribution in [3.05, 3.63) is 29.7 Å². The van der Waals surface area contributed by atoms with Gasteiger partial charge in [0.1, 0.15) is 5.69 Å². The van der Waals surface area contributed by atoms with Crippen molar-refractivity contribution >= 4 is 23.4 Å². The lowest BCUT2D eigenvalue weighted by atomic mass is 9.81. The number of aromatic nitrogens is 4. The summed E-state index contributed by atoms with van der Waals surface area (Å²) in [6.07, 6.45) is -0.878. The van der Waals surface area contributed by atoms with Gasteiger partial charge in [0.25, 0.3) is 5.78 Å². The summed E-state index contributed by atoms with van der Waals surface area (Å²) in [5.74, 6) is -4.51. The SMILES string of the molecule is C=C(C)C(=O)NC(c1cn2nc(CC3CC(C(F)F)CNC3=O)c(N3CCN(C)CC3)nc2n1)C1CCC(F)(F)CC1. The Bertz CT molecular complexity index is 1320. The molecule has 10 nitrogen and oxygen atoms in total. The number of nitrogens with one attached hydrogen (secondary N) is 2. The molecule has 2 N–H and O–H groups in total. The summed E-state index contributed by atoms with van der Waals surface area (Å²) in [6, 6.07) is -0.653. The van der Waals surface area contributed by atoms with E-state index in [1.54, 1.807) is 13.1 Å². The number of nitrogens with zero attached hydrogens (tertiary/aromatic N) is 6. The Morgan fingerprint density at radius 2 is 1.86 bits per heavy atom. The first-order chi connectivity index (χ1) is 19.9. The maximum atomic E-state index is 14.0. The van der Waals surface area contributed by atoms with Gasteiger partial charge in [0.15, 0.2) is 5.82 Å². The van der Waals surface area contributed by atoms with Crippen LogP contribution in [0.4, 0.5) is 23.4 Å². The Morgan fingerprint density at radius 3 is 2.50 bits per heavy atom. The molecule has 1 aliphatic carbocycles. The van der Waals surface area contributed by atoms with Crippen LogP contribution < -0.4 is 15.5 Å². The standard InChI is InChI=1S/C28H38F4N8O2/c1-16(2)25(41)35-22(17-4-6-28(31,32)7-5-17)21-15-40-27(34-21)36-24(39-10-8-38(3)9-11-39)20(37-40)13-18-12-19(23(29)30)14-33-26(18)42/h15,17-19,22-23H,1,4-14H2,2-3H3,(H,33,42)(H,35,41). The lowest BCUT2D eigenvalue weighted by Crippen LogP contribution is -2.46. The fourth-order valence-electron chi connectivity index (χ4n) is 6.04. The minimum atomic E-state index is -2.73. The highest BCUT2D eigenvalue weighted by Gasteiger charge is 2.40. The predicted octanol–water partition coefficient (Wildman–Crippen LogP) is 2.99. The van der Waals surface area contributed by atoms with Crippen LogP contribution in [-0.4, -0.2) is 88.4 Å². The number of amides is 2. The van der Waals surface area contributed by atoms with Crippen molar-refractivity contribution in [2.75, 3.05) is 44.7 Å². The Morgan fingerprint density at radius 1 is 1.17 bits per heavy atom. The van der Waals surface area contributed by atoms with Gasteiger partial charge in [0.2, 0.25) is 24.2 Å². The first-order valence-corrected chi connectivity index (χ1v) is 14.5. The summed E-state index contributed by atoms with van der Waals surface area (Å²) in [7, 11) is 2.02. The van der Waals surface area contributed by atoms with Crippen LogP contribution >= 0.6 is 0 Å². The van der Waals surface area contributed by atoms with Gasteiger partial charge in [0.05, 0.1) is 17.9 Å². The Hall–Kier alpha value is -3.29. The number of hydrogen-bond acceptors (Lipinski definition) is 7. The van der Waals surface area contributed by atoms with Crippen LogP contribution in [0.25, 0.3) is 5.78 Å². The van der Waals surface area contributed by atoms with Crippen LogP contribution in [0.15, 0.2) is 18.3 Å². The van der Waals surface area contributed by atoms with Gasteiger partial charge < -0.3 is 20.4 Å². The van der Waals surface area contributed by atoms with Gasteiger partial charge in [-0.1, -0.05) is 6.58 Å². The molecule has 5 rings (SSSR count). The van der Waals surface area contributed by atoms with Crippen LogP contribution in [-0.2, 0) is 16.0 Å². The summed E-state index contributed by atoms with van der Waals surface area (Å²) in [5, 5.41) is 10.3. The van der Waals surface area contributed by atoms with Gasteiger partial charge >= 0.3 is 0 Å². The third-order valence-electron chi connectivity index (χ3n) is 8.70. The molecular formula is C28H38F4N8O2. The molecule has 3 atom stereocenters. The zero-order chi connectivity index (χ0) is 30.2. The first kappa shape index (κ1) is 30.2. The second-order valence-electron chi connectivity index (χ2n) is 12.0. The third-order valence-corrected chi connectivity index (χ3v) is 8.70. The van der Waals surface area contributed by atoms with Crippen molar-refractivity contribution in [2.24, 2.45) is 17.8 Å². The summed E-state index contributed by atoms with van der Waals surface area (Å²) in [4.78, 5) is 39.1. The van der Waals surface area contributed by atoms with E-state index < -0.39 is 36.1 Å². The second kappa shape index (κ2) is 12.1. The van der Waals surface area contributed by atoms with E-state index in [0.29, 0.717) is 30.3 Å². The number of anilines is 1. The van der Waals surface area contributed by atoms with Gasteiger partial charge in [-0.3, -0.25) is 9.59 Å². The number of rotatable bonds is 8. The Labute approximate surface area is 241 Å². The molecule has 3 unspecified atom stereocenters. The van der Waals surface area contributed by atoms with E-state index in [-0.39, 0.29) is 68.2 Å². The minimum Gasteiger partial charge on any atom is -0.355 e. The lowest BCUT2D eigenvalue weighted by Gasteiger charge is -2.34. The molecule has 2 saturated heterocycles. The minimum absolute atomic E-state index is 0.0435. The average molecular weight is 595 g/mol. The number of carbonyl (C=O) groups is 2. The Kier molecular flexibility index (Phi) is 8.72. The van der Waals surface area contributed by atoms with Crippen molar-refractivity contribution in [1.82, 2.24) is 35.1 Å². The largest absolute Gasteiger partial charge is 0.355 e. The molecule has 2 aromatic rings. The third kappa shape index (κ3) is 6.68. The molecule has 0 radical (unpaired) electrons. The number of likely N-dealkylation sites (N-methyl/N-ethyl adjacent to an activating group) is 1. The van der Waals surface area contributed by atoms with Gasteiger partial charge in [-0.25, -0.2) is 27.1 Å². The molecule has 3 aliphatic rings. The fourth-order valence-corrected chi connectivity index (χ4v) is 6.04. The van der Waals surface area contributed by atoms with Gasteiger partial charge in [-0.15, -0.1) is 0 Å². The maximum Gasteiger partial charge on any atom is 0.252 e. The van der Waals surface area contributed by atoms with Crippen molar-refractivity contribution in [3.8, 4) is 0 Å². The van der Waals surface area contributed by atoms with Crippen molar-refractivity contribution in [1.29, 1.82) is 0 Å². The van der Waals surface area contributed by atoms with Crippen molar-refractivity contribution < 1.29 is 27.2 Å². The van der Waals surface area contributed by atoms with Crippen LogP contribution in [0.1, 0.15) is 56.5 Å². The van der Waals surface area contributed by atoms with Crippen LogP contribution in [0.3, 0.4) is 0 Å². The number of piperidine rings is 1. The normalized spacial score (nSPS) is 24.5. The summed E-state index contributed by atoms with van der Waals surface area (Å²) >= 11 is 0. The highest BCUT2D eigenvalue weighted by atomic mass is 19.3. The van der Waals surface area contributed by atoms with E-state index in [1.165, 1.54) is 4.52 Å². The lowest BCUT2D eigenvalue weighted by molar-refractivity contribution is -0.129. The maximum absolute atomic E-state index is 14.0. The van der Waals surface area contributed by atoms with Gasteiger partial charge in [0, 0.05) is 69.4 Å². The number of hydrogen-bond donors (Lipinski definition) is 2. The van der Waals surface area contributed by atoms with Crippen molar-refractivity contribution in [2.45, 2.75) is 63.8 Å². The fraction of sp³-hybridized carbons (Fsp3) is 0.679. The molecule has 230 valence electrons. The zero-order valence-electron chi connectivity index (χ0n) is 24.0. The molecule has 0 bridgehead atoms.